The van der Waals surface area contributed by atoms with Gasteiger partial charge in [-0.2, -0.15) is 15.3 Å². The number of methoxy groups -OCH3 is 2. The summed E-state index contributed by atoms with van der Waals surface area (Å²) in [5.74, 6) is -0.681. The zero-order valence-corrected chi connectivity index (χ0v) is 32.0. The van der Waals surface area contributed by atoms with Crippen LogP contribution in [0.2, 0.25) is 0 Å². The lowest BCUT2D eigenvalue weighted by molar-refractivity contribution is -0.152. The van der Waals surface area contributed by atoms with Crippen LogP contribution in [0.3, 0.4) is 0 Å². The second kappa shape index (κ2) is 24.5. The summed E-state index contributed by atoms with van der Waals surface area (Å²) in [6, 6.07) is 14.0. The number of urea groups is 1. The highest BCUT2D eigenvalue weighted by Gasteiger charge is 2.17. The molecular weight excluding hydrogens is 706 g/mol. The number of carbonyl (C=O) groups is 4. The number of amides is 4. The number of esters is 1. The summed E-state index contributed by atoms with van der Waals surface area (Å²) in [7, 11) is -0.0334. The molecule has 2 aromatic carbocycles. The predicted octanol–water partition coefficient (Wildman–Crippen LogP) is 7.31. The summed E-state index contributed by atoms with van der Waals surface area (Å²) >= 11 is 0. The topological polar surface area (TPSA) is 198 Å². The summed E-state index contributed by atoms with van der Waals surface area (Å²) < 4.78 is 30.3. The van der Waals surface area contributed by atoms with E-state index in [-0.39, 0.29) is 50.3 Å². The van der Waals surface area contributed by atoms with Crippen molar-refractivity contribution in [2.45, 2.75) is 71.8 Å². The van der Waals surface area contributed by atoms with Gasteiger partial charge in [0.1, 0.15) is 17.5 Å². The summed E-state index contributed by atoms with van der Waals surface area (Å²) in [6.07, 6.45) is 5.10. The summed E-state index contributed by atoms with van der Waals surface area (Å²) in [5.41, 5.74) is 3.96. The lowest BCUT2D eigenvalue weighted by atomic mass is 10.1. The van der Waals surface area contributed by atoms with Gasteiger partial charge in [-0.3, -0.25) is 24.3 Å². The summed E-state index contributed by atoms with van der Waals surface area (Å²) in [4.78, 5) is 55.0. The third-order valence-corrected chi connectivity index (χ3v) is 8.02. The number of hydrogen-bond acceptors (Lipinski definition) is 12. The van der Waals surface area contributed by atoms with Crippen molar-refractivity contribution in [1.82, 2.24) is 20.9 Å². The highest BCUT2D eigenvalue weighted by atomic mass is 16.6. The molecule has 0 spiro atoms. The normalized spacial score (nSPS) is 12.7. The average molecular weight is 763 g/mol. The number of benzene rings is 2. The second-order valence-electron chi connectivity index (χ2n) is 12.3. The average Bonchev–Trinajstić information content (AvgIpc) is 3.21. The Hall–Kier alpha value is -5.77. The third kappa shape index (κ3) is 16.0. The predicted molar refractivity (Wildman–Crippen MR) is 209 cm³/mol. The van der Waals surface area contributed by atoms with Crippen molar-refractivity contribution >= 4 is 52.3 Å². The van der Waals surface area contributed by atoms with Gasteiger partial charge in [-0.15, -0.1) is 5.11 Å². The van der Waals surface area contributed by atoms with E-state index in [9.17, 15) is 19.2 Å². The number of rotatable bonds is 23. The van der Waals surface area contributed by atoms with Crippen molar-refractivity contribution in [3.05, 3.63) is 66.5 Å². The molecule has 0 radical (unpaired) electrons. The number of pyridine rings is 1. The van der Waals surface area contributed by atoms with Crippen molar-refractivity contribution in [1.29, 1.82) is 0 Å². The number of carbonyl (C=O) groups excluding carboxylic acids is 4. The van der Waals surface area contributed by atoms with Crippen LogP contribution in [0.4, 0.5) is 33.2 Å². The van der Waals surface area contributed by atoms with Crippen LogP contribution in [-0.4, -0.2) is 81.9 Å². The number of aromatic nitrogens is 1. The van der Waals surface area contributed by atoms with E-state index in [1.54, 1.807) is 66.9 Å². The number of anilines is 1. The molecule has 0 aliphatic heterocycles. The van der Waals surface area contributed by atoms with Gasteiger partial charge in [0, 0.05) is 63.7 Å². The molecule has 2 atom stereocenters. The van der Waals surface area contributed by atoms with E-state index < -0.39 is 19.1 Å². The Labute approximate surface area is 325 Å². The molecule has 296 valence electrons. The highest BCUT2D eigenvalue weighted by Crippen LogP contribution is 2.36. The van der Waals surface area contributed by atoms with Gasteiger partial charge in [-0.1, -0.05) is 13.3 Å². The number of hydrogen-bond donors (Lipinski definition) is 3. The Balaban J connectivity index is 1.41. The van der Waals surface area contributed by atoms with Gasteiger partial charge in [0.2, 0.25) is 11.8 Å². The van der Waals surface area contributed by atoms with Gasteiger partial charge in [-0.25, -0.2) is 4.79 Å². The number of azo groups is 2. The van der Waals surface area contributed by atoms with E-state index in [0.717, 1.165) is 12.0 Å². The van der Waals surface area contributed by atoms with Crippen molar-refractivity contribution < 1.29 is 36.1 Å². The standard InChI is InChI=1S/C39H53N9O7/c1-6-20-41-37(50)16-17-38(51)55-32(27-53-4)26-43-36(49)11-9-8-10-21-42-39(52)48(7-2)31-14-12-29(13-15-31)44-47-34-24-28(3)33(25-35(34)54-5)46-45-30-18-22-40-23-19-30/h12-15,18-19,22-25,32H,6-11,16-17,20-21,26-27H2,1-5H3,(H,41,50)(H,42,52)(H,43,49)/i4TD. The number of nitrogens with one attached hydrogen (secondary N) is 3. The smallest absolute Gasteiger partial charge is 0.321 e. The van der Waals surface area contributed by atoms with Crippen molar-refractivity contribution in [3.8, 4) is 5.75 Å². The molecule has 0 fully saturated rings. The van der Waals surface area contributed by atoms with Gasteiger partial charge in [0.15, 0.2) is 0 Å². The molecule has 0 aliphatic carbocycles. The van der Waals surface area contributed by atoms with Crippen LogP contribution < -0.4 is 25.6 Å². The van der Waals surface area contributed by atoms with Crippen LogP contribution in [0.5, 0.6) is 5.75 Å². The quantitative estimate of drug-likeness (QED) is 0.0508. The molecule has 3 rings (SSSR count). The Kier molecular flexibility index (Phi) is 18.0. The maximum atomic E-state index is 13.0. The van der Waals surface area contributed by atoms with E-state index in [0.29, 0.717) is 73.1 Å². The van der Waals surface area contributed by atoms with Crippen LogP contribution in [0.15, 0.2) is 81.4 Å². The fourth-order valence-corrected chi connectivity index (χ4v) is 5.04. The van der Waals surface area contributed by atoms with E-state index in [1.807, 2.05) is 26.8 Å². The molecule has 16 nitrogen and oxygen atoms in total. The third-order valence-electron chi connectivity index (χ3n) is 8.02. The molecule has 55 heavy (non-hydrogen) atoms. The Morgan fingerprint density at radius 2 is 1.56 bits per heavy atom. The molecule has 3 N–H and O–H groups in total. The monoisotopic (exact) mass is 762 g/mol. The summed E-state index contributed by atoms with van der Waals surface area (Å²) in [5, 5.41) is 25.6. The Morgan fingerprint density at radius 3 is 2.25 bits per heavy atom. The first kappa shape index (κ1) is 40.4. The van der Waals surface area contributed by atoms with Crippen LogP contribution >= 0.6 is 0 Å². The number of nitrogens with zero attached hydrogens (tertiary/aromatic N) is 6. The minimum absolute atomic E-state index is 0.0333. The first-order chi connectivity index (χ1) is 27.5. The van der Waals surface area contributed by atoms with Crippen LogP contribution in [0.1, 0.15) is 67.1 Å². The fraction of sp³-hybridized carbons (Fsp3) is 0.462. The number of unbranched alkanes of at least 4 members (excludes halogenated alkanes) is 2. The number of ether oxygens (including phenoxy) is 3. The molecule has 16 heteroatoms. The highest BCUT2D eigenvalue weighted by molar-refractivity contribution is 5.92. The lowest BCUT2D eigenvalue weighted by Gasteiger charge is -2.21. The number of aryl methyl sites for hydroxylation is 1. The SMILES string of the molecule is [2H]C([3H])OCC(CNC(=O)CCCCCNC(=O)N(CC)c1ccc(N=Nc2cc(C)c(N=Nc3ccncc3)cc2OC)cc1)OC(=O)CCC(=O)NCCC. The molecule has 1 aromatic heterocycles. The van der Waals surface area contributed by atoms with Crippen molar-refractivity contribution in [2.24, 2.45) is 20.5 Å². The van der Waals surface area contributed by atoms with E-state index in [1.165, 1.54) is 0 Å². The van der Waals surface area contributed by atoms with Crippen LogP contribution in [0, 0.1) is 6.92 Å². The van der Waals surface area contributed by atoms with E-state index >= 15 is 0 Å². The maximum Gasteiger partial charge on any atom is 0.321 e. The molecule has 3 aromatic rings. The molecule has 1 heterocycles. The van der Waals surface area contributed by atoms with Gasteiger partial charge in [0.05, 0.1) is 46.5 Å². The molecule has 4 amide bonds. The molecule has 2 unspecified atom stereocenters. The zero-order chi connectivity index (χ0) is 41.4. The minimum atomic E-state index is -1.58. The minimum Gasteiger partial charge on any atom is -0.494 e. The van der Waals surface area contributed by atoms with Crippen molar-refractivity contribution in [3.63, 3.8) is 0 Å². The maximum absolute atomic E-state index is 13.0. The van der Waals surface area contributed by atoms with Gasteiger partial charge >= 0.3 is 12.0 Å². The molecular formula is C39H53N9O7. The van der Waals surface area contributed by atoms with Crippen molar-refractivity contribution in [2.75, 3.05) is 51.9 Å². The fourth-order valence-electron chi connectivity index (χ4n) is 5.04. The molecule has 0 aliphatic rings. The molecule has 0 bridgehead atoms. The summed E-state index contributed by atoms with van der Waals surface area (Å²) in [6.45, 7) is 6.76. The molecule has 0 saturated heterocycles. The zero-order valence-electron chi connectivity index (χ0n) is 34.0. The van der Waals surface area contributed by atoms with Crippen LogP contribution in [-0.2, 0) is 23.9 Å². The second-order valence-corrected chi connectivity index (χ2v) is 12.3. The lowest BCUT2D eigenvalue weighted by Crippen LogP contribution is -2.40. The van der Waals surface area contributed by atoms with Gasteiger partial charge < -0.3 is 30.2 Å². The van der Waals surface area contributed by atoms with Crippen LogP contribution in [0.25, 0.3) is 0 Å². The van der Waals surface area contributed by atoms with E-state index in [4.69, 9.17) is 17.0 Å². The Bertz CT molecular complexity index is 1780. The Morgan fingerprint density at radius 1 is 0.855 bits per heavy atom. The largest absolute Gasteiger partial charge is 0.494 e. The van der Waals surface area contributed by atoms with Gasteiger partial charge in [0.25, 0.3) is 0 Å². The van der Waals surface area contributed by atoms with E-state index in [2.05, 4.69) is 41.4 Å². The molecule has 0 saturated carbocycles. The first-order valence-corrected chi connectivity index (χ1v) is 18.3. The van der Waals surface area contributed by atoms with Gasteiger partial charge in [-0.05, 0) is 81.1 Å². The first-order valence-electron chi connectivity index (χ1n) is 19.4.